The molecule has 1 aliphatic rings. The summed E-state index contributed by atoms with van der Waals surface area (Å²) in [5.74, 6) is -0.0998. The molecule has 1 N–H and O–H groups in total. The SMILES string of the molecule is CCCNc1cnn(CC(=O)N2CCOCC2)c(=O)c1. The van der Waals surface area contributed by atoms with Crippen molar-refractivity contribution in [3.63, 3.8) is 0 Å². The Morgan fingerprint density at radius 2 is 2.20 bits per heavy atom. The van der Waals surface area contributed by atoms with Crippen LogP contribution >= 0.6 is 0 Å². The smallest absolute Gasteiger partial charge is 0.269 e. The number of nitrogens with zero attached hydrogens (tertiary/aromatic N) is 3. The van der Waals surface area contributed by atoms with Crippen molar-refractivity contribution < 1.29 is 9.53 Å². The maximum Gasteiger partial charge on any atom is 0.269 e. The number of morpholine rings is 1. The Morgan fingerprint density at radius 1 is 1.45 bits per heavy atom. The van der Waals surface area contributed by atoms with Gasteiger partial charge in [-0.05, 0) is 6.42 Å². The van der Waals surface area contributed by atoms with Crippen LogP contribution in [0.5, 0.6) is 0 Å². The summed E-state index contributed by atoms with van der Waals surface area (Å²) in [4.78, 5) is 25.6. The minimum Gasteiger partial charge on any atom is -0.384 e. The van der Waals surface area contributed by atoms with Gasteiger partial charge in [0.2, 0.25) is 5.91 Å². The summed E-state index contributed by atoms with van der Waals surface area (Å²) in [6.07, 6.45) is 2.54. The van der Waals surface area contributed by atoms with Crippen molar-refractivity contribution in [2.45, 2.75) is 19.9 Å². The molecule has 1 aromatic rings. The molecular formula is C13H20N4O3. The van der Waals surface area contributed by atoms with E-state index in [4.69, 9.17) is 4.74 Å². The number of ether oxygens (including phenoxy) is 1. The molecule has 0 bridgehead atoms. The lowest BCUT2D eigenvalue weighted by Crippen LogP contribution is -2.43. The van der Waals surface area contributed by atoms with Crippen LogP contribution < -0.4 is 10.9 Å². The predicted molar refractivity (Wildman–Crippen MR) is 74.7 cm³/mol. The molecular weight excluding hydrogens is 260 g/mol. The van der Waals surface area contributed by atoms with Crippen molar-refractivity contribution in [2.24, 2.45) is 0 Å². The van der Waals surface area contributed by atoms with E-state index in [0.717, 1.165) is 13.0 Å². The van der Waals surface area contributed by atoms with Gasteiger partial charge in [-0.25, -0.2) is 4.68 Å². The van der Waals surface area contributed by atoms with E-state index in [9.17, 15) is 9.59 Å². The maximum absolute atomic E-state index is 12.0. The Labute approximate surface area is 117 Å². The molecule has 7 heteroatoms. The summed E-state index contributed by atoms with van der Waals surface area (Å²) in [5, 5.41) is 7.12. The number of carbonyl (C=O) groups is 1. The van der Waals surface area contributed by atoms with Crippen molar-refractivity contribution >= 4 is 11.6 Å². The fourth-order valence-corrected chi connectivity index (χ4v) is 1.96. The van der Waals surface area contributed by atoms with Crippen molar-refractivity contribution in [3.05, 3.63) is 22.6 Å². The molecule has 1 aliphatic heterocycles. The van der Waals surface area contributed by atoms with Crippen LogP contribution in [0.1, 0.15) is 13.3 Å². The van der Waals surface area contributed by atoms with E-state index in [1.165, 1.54) is 10.7 Å². The Hall–Kier alpha value is -1.89. The van der Waals surface area contributed by atoms with E-state index >= 15 is 0 Å². The maximum atomic E-state index is 12.0. The zero-order valence-electron chi connectivity index (χ0n) is 11.7. The lowest BCUT2D eigenvalue weighted by atomic mass is 10.4. The Kier molecular flexibility index (Phi) is 5.11. The highest BCUT2D eigenvalue weighted by atomic mass is 16.5. The molecule has 1 amide bonds. The van der Waals surface area contributed by atoms with Gasteiger partial charge in [0.1, 0.15) is 6.54 Å². The molecule has 0 radical (unpaired) electrons. The summed E-state index contributed by atoms with van der Waals surface area (Å²) in [6, 6.07) is 1.47. The number of nitrogens with one attached hydrogen (secondary N) is 1. The average Bonchev–Trinajstić information content (AvgIpc) is 2.48. The Balaban J connectivity index is 1.98. The molecule has 0 spiro atoms. The first kappa shape index (κ1) is 14.5. The van der Waals surface area contributed by atoms with Gasteiger partial charge in [-0.15, -0.1) is 0 Å². The van der Waals surface area contributed by atoms with Gasteiger partial charge in [0.05, 0.1) is 25.1 Å². The normalized spacial score (nSPS) is 15.2. The van der Waals surface area contributed by atoms with Gasteiger partial charge >= 0.3 is 0 Å². The van der Waals surface area contributed by atoms with Gasteiger partial charge in [-0.1, -0.05) is 6.92 Å². The van der Waals surface area contributed by atoms with Crippen molar-refractivity contribution in [1.29, 1.82) is 0 Å². The first-order valence-corrected chi connectivity index (χ1v) is 6.87. The topological polar surface area (TPSA) is 76.5 Å². The quantitative estimate of drug-likeness (QED) is 0.816. The van der Waals surface area contributed by atoms with Gasteiger partial charge in [0.15, 0.2) is 0 Å². The zero-order chi connectivity index (χ0) is 14.4. The molecule has 2 rings (SSSR count). The van der Waals surface area contributed by atoms with E-state index in [2.05, 4.69) is 10.4 Å². The number of aromatic nitrogens is 2. The van der Waals surface area contributed by atoms with Gasteiger partial charge in [0, 0.05) is 25.7 Å². The minimum absolute atomic E-state index is 0.0209. The van der Waals surface area contributed by atoms with Crippen LogP contribution in [-0.2, 0) is 16.1 Å². The average molecular weight is 280 g/mol. The highest BCUT2D eigenvalue weighted by molar-refractivity contribution is 5.76. The Morgan fingerprint density at radius 3 is 2.85 bits per heavy atom. The number of hydrogen-bond donors (Lipinski definition) is 1. The first-order chi connectivity index (χ1) is 9.70. The standard InChI is InChI=1S/C13H20N4O3/c1-2-3-14-11-8-12(18)17(15-9-11)10-13(19)16-4-6-20-7-5-16/h8-9,14H,2-7,10H2,1H3. The van der Waals surface area contributed by atoms with Crippen molar-refractivity contribution in [1.82, 2.24) is 14.7 Å². The van der Waals surface area contributed by atoms with Crippen LogP contribution in [0.15, 0.2) is 17.1 Å². The molecule has 20 heavy (non-hydrogen) atoms. The number of carbonyl (C=O) groups excluding carboxylic acids is 1. The molecule has 110 valence electrons. The van der Waals surface area contributed by atoms with Gasteiger partial charge in [0.25, 0.3) is 5.56 Å². The summed E-state index contributed by atoms with van der Waals surface area (Å²) in [6.45, 7) is 5.06. The molecule has 0 atom stereocenters. The van der Waals surface area contributed by atoms with E-state index in [1.54, 1.807) is 11.1 Å². The van der Waals surface area contributed by atoms with E-state index in [1.807, 2.05) is 6.92 Å². The highest BCUT2D eigenvalue weighted by Gasteiger charge is 2.17. The third kappa shape index (κ3) is 3.80. The fraction of sp³-hybridized carbons (Fsp3) is 0.615. The van der Waals surface area contributed by atoms with Gasteiger partial charge < -0.3 is 15.0 Å². The van der Waals surface area contributed by atoms with Crippen molar-refractivity contribution in [3.8, 4) is 0 Å². The number of hydrogen-bond acceptors (Lipinski definition) is 5. The number of amides is 1. The fourth-order valence-electron chi connectivity index (χ4n) is 1.96. The molecule has 0 aliphatic carbocycles. The minimum atomic E-state index is -0.271. The summed E-state index contributed by atoms with van der Waals surface area (Å²) >= 11 is 0. The molecule has 0 unspecified atom stereocenters. The van der Waals surface area contributed by atoms with Crippen LogP contribution in [0.2, 0.25) is 0 Å². The third-order valence-electron chi connectivity index (χ3n) is 3.10. The van der Waals surface area contributed by atoms with Crippen molar-refractivity contribution in [2.75, 3.05) is 38.2 Å². The Bertz CT molecular complexity index is 509. The second kappa shape index (κ2) is 7.04. The van der Waals surface area contributed by atoms with Gasteiger partial charge in [-0.3, -0.25) is 9.59 Å². The molecule has 1 saturated heterocycles. The molecule has 1 fully saturated rings. The lowest BCUT2D eigenvalue weighted by Gasteiger charge is -2.26. The van der Waals surface area contributed by atoms with Crippen LogP contribution in [0.3, 0.4) is 0 Å². The monoisotopic (exact) mass is 280 g/mol. The molecule has 7 nitrogen and oxygen atoms in total. The lowest BCUT2D eigenvalue weighted by molar-refractivity contribution is -0.136. The second-order valence-corrected chi connectivity index (χ2v) is 4.66. The molecule has 0 saturated carbocycles. The highest BCUT2D eigenvalue weighted by Crippen LogP contribution is 2.01. The number of anilines is 1. The number of rotatable bonds is 5. The van der Waals surface area contributed by atoms with Gasteiger partial charge in [-0.2, -0.15) is 5.10 Å². The van der Waals surface area contributed by atoms with E-state index in [0.29, 0.717) is 32.0 Å². The predicted octanol–water partition coefficient (Wildman–Crippen LogP) is -0.0760. The van der Waals surface area contributed by atoms with Crippen LogP contribution in [0, 0.1) is 0 Å². The molecule has 2 heterocycles. The summed E-state index contributed by atoms with van der Waals surface area (Å²) in [7, 11) is 0. The molecule has 1 aromatic heterocycles. The summed E-state index contributed by atoms with van der Waals surface area (Å²) < 4.78 is 6.38. The largest absolute Gasteiger partial charge is 0.384 e. The summed E-state index contributed by atoms with van der Waals surface area (Å²) in [5.41, 5.74) is 0.416. The van der Waals surface area contributed by atoms with E-state index < -0.39 is 0 Å². The zero-order valence-corrected chi connectivity index (χ0v) is 11.7. The van der Waals surface area contributed by atoms with Crippen LogP contribution in [-0.4, -0.2) is 53.4 Å². The first-order valence-electron chi connectivity index (χ1n) is 6.87. The van der Waals surface area contributed by atoms with Crippen LogP contribution in [0.25, 0.3) is 0 Å². The van der Waals surface area contributed by atoms with E-state index in [-0.39, 0.29) is 18.0 Å². The van der Waals surface area contributed by atoms with Crippen LogP contribution in [0.4, 0.5) is 5.69 Å². The second-order valence-electron chi connectivity index (χ2n) is 4.66. The third-order valence-corrected chi connectivity index (χ3v) is 3.10. The molecule has 0 aromatic carbocycles.